The number of carbonyl (C=O) groups is 2. The van der Waals surface area contributed by atoms with Gasteiger partial charge in [0.05, 0.1) is 33.8 Å². The number of likely N-dealkylation sites (N-methyl/N-ethyl adjacent to an activating group) is 1. The molecule has 0 aliphatic rings. The molecule has 2 N–H and O–H groups in total. The Bertz CT molecular complexity index is 1750. The Morgan fingerprint density at radius 1 is 0.444 bits per heavy atom. The van der Waals surface area contributed by atoms with Crippen LogP contribution in [0.2, 0.25) is 0 Å². The monoisotopic (exact) mass is 1150 g/mol. The van der Waals surface area contributed by atoms with Crippen molar-refractivity contribution >= 4 is 19.7 Å². The van der Waals surface area contributed by atoms with Crippen LogP contribution in [0.4, 0.5) is 0 Å². The number of quaternary nitrogens is 1. The smallest absolute Gasteiger partial charge is 0.456 e. The fraction of sp³-hybridized carbons (Fsp3) is 0.718. The van der Waals surface area contributed by atoms with E-state index < -0.39 is 20.0 Å². The average Bonchev–Trinajstić information content (AvgIpc) is 3.44. The lowest BCUT2D eigenvalue weighted by molar-refractivity contribution is -0.870. The number of phosphoric acid groups is 1. The van der Waals surface area contributed by atoms with E-state index in [0.29, 0.717) is 17.4 Å². The molecule has 81 heavy (non-hydrogen) atoms. The van der Waals surface area contributed by atoms with Gasteiger partial charge in [0.1, 0.15) is 19.3 Å². The summed E-state index contributed by atoms with van der Waals surface area (Å²) in [6.07, 6.45) is 82.2. The third-order valence-corrected chi connectivity index (χ3v) is 15.2. The minimum atomic E-state index is -4.47. The highest BCUT2D eigenvalue weighted by atomic mass is 31.2. The average molecular weight is 1150 g/mol. The van der Waals surface area contributed by atoms with E-state index in [1.165, 1.54) is 109 Å². The zero-order valence-corrected chi connectivity index (χ0v) is 54.1. The number of esters is 1. The predicted octanol–water partition coefficient (Wildman–Crippen LogP) is 20.9. The molecule has 0 spiro atoms. The third-order valence-electron chi connectivity index (χ3n) is 14.2. The number of unbranched alkanes of at least 4 members (excludes halogenated alkanes) is 27. The number of rotatable bonds is 59. The van der Waals surface area contributed by atoms with Crippen molar-refractivity contribution in [1.29, 1.82) is 0 Å². The van der Waals surface area contributed by atoms with Crippen molar-refractivity contribution in [3.8, 4) is 0 Å². The van der Waals surface area contributed by atoms with Crippen LogP contribution in [0.5, 0.6) is 0 Å². The van der Waals surface area contributed by atoms with Crippen molar-refractivity contribution in [2.45, 2.75) is 290 Å². The highest BCUT2D eigenvalue weighted by Gasteiger charge is 2.30. The van der Waals surface area contributed by atoms with E-state index in [4.69, 9.17) is 13.8 Å². The van der Waals surface area contributed by atoms with Crippen molar-refractivity contribution in [3.63, 3.8) is 0 Å². The van der Waals surface area contributed by atoms with E-state index in [-0.39, 0.29) is 31.5 Å². The van der Waals surface area contributed by atoms with Gasteiger partial charge in [-0.15, -0.1) is 0 Å². The molecule has 3 unspecified atom stereocenters. The molecule has 0 saturated heterocycles. The number of amides is 1. The van der Waals surface area contributed by atoms with Crippen LogP contribution in [0.1, 0.15) is 278 Å². The van der Waals surface area contributed by atoms with Crippen LogP contribution < -0.4 is 5.32 Å². The third kappa shape index (κ3) is 61.1. The zero-order chi connectivity index (χ0) is 59.3. The minimum absolute atomic E-state index is 0.0295. The molecule has 466 valence electrons. The van der Waals surface area contributed by atoms with Crippen LogP contribution in [-0.4, -0.2) is 74.3 Å². The molecule has 10 heteroatoms. The van der Waals surface area contributed by atoms with E-state index >= 15 is 0 Å². The number of ether oxygens (including phenoxy) is 1. The maximum Gasteiger partial charge on any atom is 0.472 e. The van der Waals surface area contributed by atoms with Gasteiger partial charge in [0.15, 0.2) is 0 Å². The minimum Gasteiger partial charge on any atom is -0.456 e. The standard InChI is InChI=1S/C71H125N2O7P/c1-7-10-13-16-19-22-25-28-30-32-34-36-38-40-42-45-48-51-54-57-60-63-70(74)72-68(67-79-81(76,77)78-66-65-73(4,5)6)69(62-59-56-53-50-47-44-27-24-21-18-15-12-9-3)80-71(75)64-61-58-55-52-49-46-43-41-39-37-35-33-31-29-26-23-20-17-14-11-8-2/h10,13,19-20,22-23,28-31,34-37,40,42,59,62,68-69H,7-9,11-12,14-18,21,24-27,32-33,38-39,41,43-58,60-61,63-67H2,1-6H3,(H-,72,74,76,77)/p+1/b13-10-,22-19-,23-20-,30-28-,31-29-,36-34-,37-35-,42-40-,62-59+. The van der Waals surface area contributed by atoms with Gasteiger partial charge in [-0.05, 0) is 115 Å². The highest BCUT2D eigenvalue weighted by molar-refractivity contribution is 7.47. The van der Waals surface area contributed by atoms with Crippen molar-refractivity contribution in [2.24, 2.45) is 0 Å². The number of nitrogens with zero attached hydrogens (tertiary/aromatic N) is 1. The molecule has 0 fully saturated rings. The van der Waals surface area contributed by atoms with Gasteiger partial charge in [-0.1, -0.05) is 259 Å². The van der Waals surface area contributed by atoms with Crippen LogP contribution in [0.15, 0.2) is 109 Å². The summed E-state index contributed by atoms with van der Waals surface area (Å²) in [4.78, 5) is 37.8. The first kappa shape index (κ1) is 77.7. The fourth-order valence-corrected chi connectivity index (χ4v) is 9.83. The molecular weight excluding hydrogens is 1020 g/mol. The lowest BCUT2D eigenvalue weighted by Crippen LogP contribution is -2.47. The molecule has 0 saturated carbocycles. The first-order valence-corrected chi connectivity index (χ1v) is 34.7. The summed E-state index contributed by atoms with van der Waals surface area (Å²) in [5.74, 6) is -0.537. The number of allylic oxidation sites excluding steroid dienone is 17. The molecule has 0 aromatic carbocycles. The second-order valence-corrected chi connectivity index (χ2v) is 24.7. The van der Waals surface area contributed by atoms with Crippen LogP contribution in [-0.2, 0) is 27.9 Å². The Kier molecular flexibility index (Phi) is 57.4. The molecule has 9 nitrogen and oxygen atoms in total. The normalized spacial score (nSPS) is 14.3. The van der Waals surface area contributed by atoms with Gasteiger partial charge in [-0.25, -0.2) is 4.57 Å². The summed E-state index contributed by atoms with van der Waals surface area (Å²) in [5, 5.41) is 3.05. The molecule has 0 aliphatic carbocycles. The second-order valence-electron chi connectivity index (χ2n) is 23.3. The molecule has 3 atom stereocenters. The first-order chi connectivity index (χ1) is 39.4. The molecular formula is C71H126N2O7P+. The molecule has 1 amide bonds. The molecule has 0 bridgehead atoms. The zero-order valence-electron chi connectivity index (χ0n) is 53.2. The molecule has 0 heterocycles. The van der Waals surface area contributed by atoms with Gasteiger partial charge in [0, 0.05) is 12.8 Å². The van der Waals surface area contributed by atoms with Gasteiger partial charge in [-0.3, -0.25) is 18.6 Å². The van der Waals surface area contributed by atoms with Crippen molar-refractivity contribution in [1.82, 2.24) is 5.32 Å². The molecule has 0 aromatic heterocycles. The Balaban J connectivity index is 5.28. The van der Waals surface area contributed by atoms with Crippen LogP contribution >= 0.6 is 7.82 Å². The predicted molar refractivity (Wildman–Crippen MR) is 350 cm³/mol. The van der Waals surface area contributed by atoms with Crippen molar-refractivity contribution < 1.29 is 37.3 Å². The van der Waals surface area contributed by atoms with Crippen LogP contribution in [0, 0.1) is 0 Å². The van der Waals surface area contributed by atoms with Crippen molar-refractivity contribution in [3.05, 3.63) is 109 Å². The van der Waals surface area contributed by atoms with Gasteiger partial charge in [0.25, 0.3) is 0 Å². The largest absolute Gasteiger partial charge is 0.472 e. The summed E-state index contributed by atoms with van der Waals surface area (Å²) >= 11 is 0. The number of hydrogen-bond acceptors (Lipinski definition) is 6. The maximum absolute atomic E-state index is 13.6. The quantitative estimate of drug-likeness (QED) is 0.0205. The lowest BCUT2D eigenvalue weighted by atomic mass is 10.0. The molecule has 0 radical (unpaired) electrons. The summed E-state index contributed by atoms with van der Waals surface area (Å²) in [6, 6.07) is -0.870. The number of carbonyl (C=O) groups excluding carboxylic acids is 2. The van der Waals surface area contributed by atoms with Crippen molar-refractivity contribution in [2.75, 3.05) is 40.9 Å². The molecule has 0 aromatic rings. The number of phosphoric ester groups is 1. The SMILES string of the molecule is CC/C=C\C/C=C\C/C=C\C/C=C\C/C=C\CCCCCCCC(=O)NC(COP(=O)(O)OCC[N+](C)(C)C)C(/C=C/CCCCCCCCCCCCC)OC(=O)CCCCCCCCCC/C=C\C/C=C\C/C=C\CCCCC. The van der Waals surface area contributed by atoms with Gasteiger partial charge >= 0.3 is 13.8 Å². The fourth-order valence-electron chi connectivity index (χ4n) is 9.09. The summed E-state index contributed by atoms with van der Waals surface area (Å²) in [7, 11) is 1.47. The maximum atomic E-state index is 13.6. The summed E-state index contributed by atoms with van der Waals surface area (Å²) in [5.41, 5.74) is 0. The molecule has 0 rings (SSSR count). The van der Waals surface area contributed by atoms with E-state index in [0.717, 1.165) is 135 Å². The lowest BCUT2D eigenvalue weighted by Gasteiger charge is -2.27. The Labute approximate surface area is 500 Å². The van der Waals surface area contributed by atoms with E-state index in [1.807, 2.05) is 33.3 Å². The topological polar surface area (TPSA) is 111 Å². The summed E-state index contributed by atoms with van der Waals surface area (Å²) in [6.45, 7) is 6.86. The van der Waals surface area contributed by atoms with Gasteiger partial charge in [-0.2, -0.15) is 0 Å². The summed E-state index contributed by atoms with van der Waals surface area (Å²) < 4.78 is 30.8. The Morgan fingerprint density at radius 3 is 1.21 bits per heavy atom. The molecule has 0 aliphatic heterocycles. The van der Waals surface area contributed by atoms with Gasteiger partial charge < -0.3 is 19.4 Å². The van der Waals surface area contributed by atoms with Gasteiger partial charge in [0.2, 0.25) is 5.91 Å². The first-order valence-electron chi connectivity index (χ1n) is 33.2. The Hall–Kier alpha value is -3.33. The number of nitrogens with one attached hydrogen (secondary N) is 1. The van der Waals surface area contributed by atoms with E-state index in [2.05, 4.69) is 123 Å². The van der Waals surface area contributed by atoms with Crippen LogP contribution in [0.3, 0.4) is 0 Å². The van der Waals surface area contributed by atoms with E-state index in [9.17, 15) is 19.0 Å². The number of hydrogen-bond donors (Lipinski definition) is 2. The highest BCUT2D eigenvalue weighted by Crippen LogP contribution is 2.43. The second kappa shape index (κ2) is 59.8. The Morgan fingerprint density at radius 2 is 0.790 bits per heavy atom. The van der Waals surface area contributed by atoms with E-state index in [1.54, 1.807) is 0 Å². The van der Waals surface area contributed by atoms with Crippen LogP contribution in [0.25, 0.3) is 0 Å².